The van der Waals surface area contributed by atoms with Gasteiger partial charge in [0.1, 0.15) is 11.5 Å². The molecule has 1 atom stereocenters. The topological polar surface area (TPSA) is 65.0 Å². The molecule has 124 valence electrons. The number of aliphatic hydroxyl groups excluding tert-OH is 1. The molecule has 1 fully saturated rings. The van der Waals surface area contributed by atoms with E-state index in [-0.39, 0.29) is 5.75 Å². The van der Waals surface area contributed by atoms with E-state index in [4.69, 9.17) is 4.74 Å². The average Bonchev–Trinajstić information content (AvgIpc) is 2.52. The highest BCUT2D eigenvalue weighted by Gasteiger charge is 2.16. The lowest BCUT2D eigenvalue weighted by molar-refractivity contribution is 0.134. The Bertz CT molecular complexity index is 459. The lowest BCUT2D eigenvalue weighted by atomic mass is 10.0. The highest BCUT2D eigenvalue weighted by Crippen LogP contribution is 2.30. The van der Waals surface area contributed by atoms with Crippen molar-refractivity contribution in [1.82, 2.24) is 10.2 Å². The van der Waals surface area contributed by atoms with Gasteiger partial charge in [0.2, 0.25) is 0 Å². The maximum Gasteiger partial charge on any atom is 0.121 e. The summed E-state index contributed by atoms with van der Waals surface area (Å²) in [4.78, 5) is 2.33. The third-order valence-corrected chi connectivity index (χ3v) is 3.87. The van der Waals surface area contributed by atoms with Crippen molar-refractivity contribution in [3.8, 4) is 11.5 Å². The van der Waals surface area contributed by atoms with Crippen molar-refractivity contribution >= 4 is 0 Å². The number of nitrogens with one attached hydrogen (secondary N) is 1. The molecular weight excluding hydrogens is 280 g/mol. The lowest BCUT2D eigenvalue weighted by Gasteiger charge is -2.28. The molecule has 0 amide bonds. The van der Waals surface area contributed by atoms with E-state index in [1.165, 1.54) is 0 Å². The highest BCUT2D eigenvalue weighted by atomic mass is 16.5. The Hall–Kier alpha value is -1.30. The Morgan fingerprint density at radius 3 is 2.68 bits per heavy atom. The number of benzene rings is 1. The quantitative estimate of drug-likeness (QED) is 0.716. The summed E-state index contributed by atoms with van der Waals surface area (Å²) < 4.78 is 5.67. The second-order valence-corrected chi connectivity index (χ2v) is 6.32. The SMILES string of the molecule is CC(C)COc1ccc(O)c(C(O)CCN2CCNCC2)c1. The van der Waals surface area contributed by atoms with Crippen LogP contribution in [0, 0.1) is 5.92 Å². The van der Waals surface area contributed by atoms with Crippen LogP contribution >= 0.6 is 0 Å². The fraction of sp³-hybridized carbons (Fsp3) is 0.647. The molecule has 2 rings (SSSR count). The number of aliphatic hydroxyl groups is 1. The third kappa shape index (κ3) is 5.16. The zero-order valence-electron chi connectivity index (χ0n) is 13.6. The number of nitrogens with zero attached hydrogens (tertiary/aromatic N) is 1. The van der Waals surface area contributed by atoms with Gasteiger partial charge in [0.05, 0.1) is 12.7 Å². The monoisotopic (exact) mass is 308 g/mol. The molecule has 1 unspecified atom stereocenters. The van der Waals surface area contributed by atoms with Gasteiger partial charge in [0.15, 0.2) is 0 Å². The molecule has 1 aromatic rings. The van der Waals surface area contributed by atoms with Crippen molar-refractivity contribution < 1.29 is 14.9 Å². The lowest BCUT2D eigenvalue weighted by Crippen LogP contribution is -2.44. The molecule has 0 spiro atoms. The summed E-state index contributed by atoms with van der Waals surface area (Å²) in [5.41, 5.74) is 0.552. The van der Waals surface area contributed by atoms with Crippen LogP contribution in [-0.4, -0.2) is 54.4 Å². The standard InChI is InChI=1S/C17H28N2O3/c1-13(2)12-22-14-3-4-16(20)15(11-14)17(21)5-8-19-9-6-18-7-10-19/h3-4,11,13,17-18,20-21H,5-10,12H2,1-2H3. The molecule has 1 aliphatic rings. The Morgan fingerprint density at radius 2 is 2.00 bits per heavy atom. The number of phenols is 1. The zero-order chi connectivity index (χ0) is 15.9. The molecule has 0 radical (unpaired) electrons. The second kappa shape index (κ2) is 8.36. The summed E-state index contributed by atoms with van der Waals surface area (Å²) in [7, 11) is 0. The van der Waals surface area contributed by atoms with Gasteiger partial charge in [-0.3, -0.25) is 0 Å². The van der Waals surface area contributed by atoms with Crippen LogP contribution in [0.25, 0.3) is 0 Å². The van der Waals surface area contributed by atoms with E-state index >= 15 is 0 Å². The highest BCUT2D eigenvalue weighted by molar-refractivity contribution is 5.40. The number of piperazine rings is 1. The first-order valence-corrected chi connectivity index (χ1v) is 8.13. The van der Waals surface area contributed by atoms with Gasteiger partial charge in [-0.05, 0) is 30.5 Å². The van der Waals surface area contributed by atoms with E-state index in [2.05, 4.69) is 24.1 Å². The molecule has 0 saturated carbocycles. The van der Waals surface area contributed by atoms with E-state index in [0.29, 0.717) is 30.3 Å². The van der Waals surface area contributed by atoms with E-state index in [9.17, 15) is 10.2 Å². The van der Waals surface area contributed by atoms with Crippen molar-refractivity contribution in [3.05, 3.63) is 23.8 Å². The summed E-state index contributed by atoms with van der Waals surface area (Å²) in [6.07, 6.45) is -0.0567. The van der Waals surface area contributed by atoms with Gasteiger partial charge in [-0.25, -0.2) is 0 Å². The van der Waals surface area contributed by atoms with Gasteiger partial charge in [0.25, 0.3) is 0 Å². The predicted molar refractivity (Wildman–Crippen MR) is 87.3 cm³/mol. The zero-order valence-corrected chi connectivity index (χ0v) is 13.6. The molecule has 22 heavy (non-hydrogen) atoms. The smallest absolute Gasteiger partial charge is 0.121 e. The molecule has 5 nitrogen and oxygen atoms in total. The van der Waals surface area contributed by atoms with Gasteiger partial charge in [-0.15, -0.1) is 0 Å². The molecule has 3 N–H and O–H groups in total. The summed E-state index contributed by atoms with van der Waals surface area (Å²) in [6.45, 7) is 9.65. The predicted octanol–water partition coefficient (Wildman–Crippen LogP) is 1.76. The fourth-order valence-electron chi connectivity index (χ4n) is 2.55. The van der Waals surface area contributed by atoms with Crippen LogP contribution in [0.15, 0.2) is 18.2 Å². The maximum atomic E-state index is 10.4. The van der Waals surface area contributed by atoms with Crippen LogP contribution in [0.4, 0.5) is 0 Å². The summed E-state index contributed by atoms with van der Waals surface area (Å²) in [5, 5.41) is 23.7. The van der Waals surface area contributed by atoms with Crippen LogP contribution in [0.3, 0.4) is 0 Å². The largest absolute Gasteiger partial charge is 0.508 e. The van der Waals surface area contributed by atoms with Crippen LogP contribution in [0.2, 0.25) is 0 Å². The first-order valence-electron chi connectivity index (χ1n) is 8.13. The average molecular weight is 308 g/mol. The molecule has 1 saturated heterocycles. The van der Waals surface area contributed by atoms with Crippen molar-refractivity contribution in [2.24, 2.45) is 5.92 Å². The first kappa shape index (κ1) is 17.1. The third-order valence-electron chi connectivity index (χ3n) is 3.87. The Kier molecular flexibility index (Phi) is 6.49. The maximum absolute atomic E-state index is 10.4. The molecular formula is C17H28N2O3. The van der Waals surface area contributed by atoms with E-state index in [1.807, 2.05) is 0 Å². The van der Waals surface area contributed by atoms with Crippen molar-refractivity contribution in [1.29, 1.82) is 0 Å². The van der Waals surface area contributed by atoms with E-state index in [0.717, 1.165) is 32.7 Å². The minimum absolute atomic E-state index is 0.129. The van der Waals surface area contributed by atoms with Crippen molar-refractivity contribution in [2.45, 2.75) is 26.4 Å². The van der Waals surface area contributed by atoms with Crippen LogP contribution < -0.4 is 10.1 Å². The first-order chi connectivity index (χ1) is 10.6. The van der Waals surface area contributed by atoms with Gasteiger partial charge >= 0.3 is 0 Å². The number of ether oxygens (including phenoxy) is 1. The van der Waals surface area contributed by atoms with Crippen LogP contribution in [0.5, 0.6) is 11.5 Å². The van der Waals surface area contributed by atoms with E-state index in [1.54, 1.807) is 18.2 Å². The normalized spacial score (nSPS) is 17.6. The van der Waals surface area contributed by atoms with Gasteiger partial charge in [-0.2, -0.15) is 0 Å². The summed E-state index contributed by atoms with van der Waals surface area (Å²) in [5.74, 6) is 1.27. The molecule has 1 heterocycles. The Labute approximate surface area is 132 Å². The van der Waals surface area contributed by atoms with Gasteiger partial charge in [0, 0.05) is 38.3 Å². The summed E-state index contributed by atoms with van der Waals surface area (Å²) >= 11 is 0. The van der Waals surface area contributed by atoms with Crippen LogP contribution in [-0.2, 0) is 0 Å². The minimum Gasteiger partial charge on any atom is -0.508 e. The Morgan fingerprint density at radius 1 is 1.27 bits per heavy atom. The van der Waals surface area contributed by atoms with Gasteiger partial charge in [-0.1, -0.05) is 13.8 Å². The molecule has 1 aromatic carbocycles. The number of hydrogen-bond acceptors (Lipinski definition) is 5. The Balaban J connectivity index is 1.92. The molecule has 1 aliphatic heterocycles. The van der Waals surface area contributed by atoms with Gasteiger partial charge < -0.3 is 25.2 Å². The molecule has 0 bridgehead atoms. The van der Waals surface area contributed by atoms with Crippen molar-refractivity contribution in [2.75, 3.05) is 39.3 Å². The number of aromatic hydroxyl groups is 1. The molecule has 0 aromatic heterocycles. The number of hydrogen-bond donors (Lipinski definition) is 3. The van der Waals surface area contributed by atoms with Crippen LogP contribution in [0.1, 0.15) is 31.9 Å². The number of rotatable bonds is 7. The molecule has 5 heteroatoms. The summed E-state index contributed by atoms with van der Waals surface area (Å²) in [6, 6.07) is 5.09. The number of phenolic OH excluding ortho intramolecular Hbond substituents is 1. The molecule has 0 aliphatic carbocycles. The fourth-order valence-corrected chi connectivity index (χ4v) is 2.55. The second-order valence-electron chi connectivity index (χ2n) is 6.32. The van der Waals surface area contributed by atoms with Crippen molar-refractivity contribution in [3.63, 3.8) is 0 Å². The van der Waals surface area contributed by atoms with E-state index < -0.39 is 6.10 Å². The minimum atomic E-state index is -0.669.